The number of amides is 1. The highest BCUT2D eigenvalue weighted by atomic mass is 32.2. The fourth-order valence-electron chi connectivity index (χ4n) is 4.85. The van der Waals surface area contributed by atoms with Gasteiger partial charge in [0.25, 0.3) is 5.91 Å². The summed E-state index contributed by atoms with van der Waals surface area (Å²) in [6.07, 6.45) is 6.17. The Labute approximate surface area is 179 Å². The highest BCUT2D eigenvalue weighted by molar-refractivity contribution is 7.89. The van der Waals surface area contributed by atoms with Crippen molar-refractivity contribution in [3.05, 3.63) is 29.5 Å². The average molecular weight is 433 g/mol. The second kappa shape index (κ2) is 8.35. The maximum atomic E-state index is 13.0. The number of fused-ring (bicyclic) bond motifs is 1. The Balaban J connectivity index is 1.60. The fourth-order valence-corrected chi connectivity index (χ4v) is 6.39. The van der Waals surface area contributed by atoms with Crippen LogP contribution in [-0.2, 0) is 10.0 Å². The van der Waals surface area contributed by atoms with Crippen molar-refractivity contribution >= 4 is 26.9 Å². The number of sulfonamides is 1. The first-order chi connectivity index (χ1) is 14.3. The molecule has 1 amide bonds. The van der Waals surface area contributed by atoms with Gasteiger partial charge in [0, 0.05) is 30.1 Å². The Hall–Kier alpha value is -1.86. The monoisotopic (exact) mass is 432 g/mol. The number of nitrogens with zero attached hydrogens (tertiary/aromatic N) is 1. The first kappa shape index (κ1) is 21.4. The van der Waals surface area contributed by atoms with Crippen molar-refractivity contribution in [2.75, 3.05) is 13.1 Å². The minimum atomic E-state index is -3.53. The molecule has 3 atom stereocenters. The fraction of sp³-hybridized carbons (Fsp3) is 0.609. The number of rotatable bonds is 4. The molecule has 30 heavy (non-hydrogen) atoms. The van der Waals surface area contributed by atoms with Crippen molar-refractivity contribution in [3.8, 4) is 0 Å². The van der Waals surface area contributed by atoms with Crippen LogP contribution in [0.3, 0.4) is 0 Å². The zero-order valence-electron chi connectivity index (χ0n) is 18.1. The van der Waals surface area contributed by atoms with Gasteiger partial charge in [0.15, 0.2) is 5.76 Å². The van der Waals surface area contributed by atoms with Gasteiger partial charge >= 0.3 is 0 Å². The van der Waals surface area contributed by atoms with Crippen molar-refractivity contribution in [1.29, 1.82) is 0 Å². The number of carbonyl (C=O) groups excluding carboxylic acids is 1. The maximum Gasteiger partial charge on any atom is 0.287 e. The van der Waals surface area contributed by atoms with Crippen LogP contribution in [0.1, 0.15) is 68.5 Å². The predicted molar refractivity (Wildman–Crippen MR) is 117 cm³/mol. The number of piperidine rings is 1. The molecule has 1 aromatic heterocycles. The number of aryl methyl sites for hydroxylation is 1. The minimum absolute atomic E-state index is 0.143. The molecule has 2 aliphatic rings. The molecule has 2 aromatic rings. The third-order valence-electron chi connectivity index (χ3n) is 7.09. The van der Waals surface area contributed by atoms with Gasteiger partial charge in [-0.2, -0.15) is 4.31 Å². The summed E-state index contributed by atoms with van der Waals surface area (Å²) in [5.41, 5.74) is 1.23. The van der Waals surface area contributed by atoms with E-state index in [1.54, 1.807) is 22.5 Å². The van der Waals surface area contributed by atoms with E-state index in [0.29, 0.717) is 41.5 Å². The molecule has 1 aromatic carbocycles. The molecule has 1 saturated heterocycles. The van der Waals surface area contributed by atoms with Crippen LogP contribution >= 0.6 is 0 Å². The van der Waals surface area contributed by atoms with Crippen molar-refractivity contribution < 1.29 is 17.6 Å². The lowest BCUT2D eigenvalue weighted by atomic mass is 9.78. The smallest absolute Gasteiger partial charge is 0.287 e. The van der Waals surface area contributed by atoms with E-state index in [4.69, 9.17) is 4.42 Å². The molecular formula is C23H32N2O4S. The van der Waals surface area contributed by atoms with Crippen molar-refractivity contribution in [2.45, 2.75) is 70.2 Å². The van der Waals surface area contributed by atoms with E-state index >= 15 is 0 Å². The molecule has 0 unspecified atom stereocenters. The van der Waals surface area contributed by atoms with E-state index in [2.05, 4.69) is 19.2 Å². The maximum absolute atomic E-state index is 13.0. The third-order valence-corrected chi connectivity index (χ3v) is 8.98. The first-order valence-electron chi connectivity index (χ1n) is 11.1. The number of hydrogen-bond donors (Lipinski definition) is 1. The van der Waals surface area contributed by atoms with Gasteiger partial charge in [0.05, 0.1) is 4.90 Å². The quantitative estimate of drug-likeness (QED) is 0.773. The molecule has 0 radical (unpaired) electrons. The van der Waals surface area contributed by atoms with E-state index in [1.807, 2.05) is 6.92 Å². The molecule has 1 aliphatic carbocycles. The second-order valence-electron chi connectivity index (χ2n) is 9.03. The Bertz CT molecular complexity index is 1040. The van der Waals surface area contributed by atoms with Gasteiger partial charge in [-0.05, 0) is 56.2 Å². The summed E-state index contributed by atoms with van der Waals surface area (Å²) in [6, 6.07) is 5.05. The predicted octanol–water partition coefficient (Wildman–Crippen LogP) is 4.47. The number of hydrogen-bond acceptors (Lipinski definition) is 4. The summed E-state index contributed by atoms with van der Waals surface area (Å²) < 4.78 is 33.5. The molecule has 2 fully saturated rings. The molecule has 4 rings (SSSR count). The number of nitrogens with one attached hydrogen (secondary N) is 1. The molecule has 0 bridgehead atoms. The molecule has 1 saturated carbocycles. The van der Waals surface area contributed by atoms with E-state index in [9.17, 15) is 13.2 Å². The van der Waals surface area contributed by atoms with Crippen LogP contribution < -0.4 is 5.32 Å². The summed E-state index contributed by atoms with van der Waals surface area (Å²) in [4.78, 5) is 13.2. The normalized spacial score (nSPS) is 26.0. The highest BCUT2D eigenvalue weighted by Gasteiger charge is 2.31. The summed E-state index contributed by atoms with van der Waals surface area (Å²) in [7, 11) is -3.53. The molecule has 1 N–H and O–H groups in total. The van der Waals surface area contributed by atoms with E-state index < -0.39 is 10.0 Å². The van der Waals surface area contributed by atoms with Crippen molar-refractivity contribution in [2.24, 2.45) is 11.8 Å². The van der Waals surface area contributed by atoms with E-state index in [1.165, 1.54) is 6.42 Å². The second-order valence-corrected chi connectivity index (χ2v) is 11.0. The largest absolute Gasteiger partial charge is 0.451 e. The summed E-state index contributed by atoms with van der Waals surface area (Å²) in [5, 5.41) is 3.84. The molecule has 164 valence electrons. The number of furan rings is 1. The van der Waals surface area contributed by atoms with E-state index in [-0.39, 0.29) is 22.6 Å². The van der Waals surface area contributed by atoms with Gasteiger partial charge in [0.2, 0.25) is 10.0 Å². The standard InChI is InChI=1S/C23H32N2O4S/c1-15-8-7-9-20(16(15)2)24-23(26)22-17(3)19-14-18(10-11-21(19)29-22)30(27,28)25-12-5-4-6-13-25/h10-11,14-16,20H,4-9,12-13H2,1-3H3,(H,24,26)/t15-,16-,20+/m0/s1. The first-order valence-corrected chi connectivity index (χ1v) is 12.6. The Morgan fingerprint density at radius 3 is 2.57 bits per heavy atom. The molecule has 2 heterocycles. The van der Waals surface area contributed by atoms with Crippen molar-refractivity contribution in [1.82, 2.24) is 9.62 Å². The average Bonchev–Trinajstić information content (AvgIpc) is 3.08. The van der Waals surface area contributed by atoms with Crippen LogP contribution in [0, 0.1) is 18.8 Å². The SMILES string of the molecule is Cc1c(C(=O)N[C@@H]2CCC[C@H](C)[C@@H]2C)oc2ccc(S(=O)(=O)N3CCCCC3)cc12. The summed E-state index contributed by atoms with van der Waals surface area (Å²) >= 11 is 0. The summed E-state index contributed by atoms with van der Waals surface area (Å²) in [5.74, 6) is 1.08. The molecule has 0 spiro atoms. The topological polar surface area (TPSA) is 79.6 Å². The lowest BCUT2D eigenvalue weighted by Gasteiger charge is -2.34. The van der Waals surface area contributed by atoms with Crippen LogP contribution in [0.2, 0.25) is 0 Å². The Kier molecular flexibility index (Phi) is 5.95. The Morgan fingerprint density at radius 1 is 1.10 bits per heavy atom. The zero-order valence-corrected chi connectivity index (χ0v) is 18.9. The van der Waals surface area contributed by atoms with Gasteiger partial charge in [-0.3, -0.25) is 4.79 Å². The van der Waals surface area contributed by atoms with Gasteiger partial charge in [-0.1, -0.05) is 33.1 Å². The highest BCUT2D eigenvalue weighted by Crippen LogP contribution is 2.32. The van der Waals surface area contributed by atoms with E-state index in [0.717, 1.165) is 32.1 Å². The Morgan fingerprint density at radius 2 is 1.83 bits per heavy atom. The lowest BCUT2D eigenvalue weighted by Crippen LogP contribution is -2.43. The minimum Gasteiger partial charge on any atom is -0.451 e. The van der Waals surface area contributed by atoms with Crippen molar-refractivity contribution in [3.63, 3.8) is 0 Å². The molecule has 7 heteroatoms. The van der Waals surface area contributed by atoms with Crippen LogP contribution in [0.25, 0.3) is 11.0 Å². The summed E-state index contributed by atoms with van der Waals surface area (Å²) in [6.45, 7) is 7.38. The van der Waals surface area contributed by atoms with Gasteiger partial charge in [0.1, 0.15) is 5.58 Å². The van der Waals surface area contributed by atoms with Gasteiger partial charge < -0.3 is 9.73 Å². The van der Waals surface area contributed by atoms with Gasteiger partial charge in [-0.15, -0.1) is 0 Å². The number of benzene rings is 1. The van der Waals surface area contributed by atoms with Gasteiger partial charge in [-0.25, -0.2) is 8.42 Å². The molecule has 1 aliphatic heterocycles. The van der Waals surface area contributed by atoms with Crippen LogP contribution in [-0.4, -0.2) is 37.8 Å². The molecule has 6 nitrogen and oxygen atoms in total. The zero-order chi connectivity index (χ0) is 21.5. The third kappa shape index (κ3) is 3.89. The van der Waals surface area contributed by atoms with Crippen LogP contribution in [0.4, 0.5) is 0 Å². The number of carbonyl (C=O) groups is 1. The van der Waals surface area contributed by atoms with Crippen LogP contribution in [0.15, 0.2) is 27.5 Å². The lowest BCUT2D eigenvalue weighted by molar-refractivity contribution is 0.0864. The van der Waals surface area contributed by atoms with Crippen LogP contribution in [0.5, 0.6) is 0 Å². The molecular weight excluding hydrogens is 400 g/mol.